The van der Waals surface area contributed by atoms with Crippen LogP contribution in [0.1, 0.15) is 36.1 Å². The maximum absolute atomic E-state index is 2.63. The highest BCUT2D eigenvalue weighted by Crippen LogP contribution is 2.33. The second-order valence-corrected chi connectivity index (χ2v) is 7.87. The molecule has 4 rings (SSSR count). The summed E-state index contributed by atoms with van der Waals surface area (Å²) < 4.78 is 0. The number of benzene rings is 1. The van der Waals surface area contributed by atoms with E-state index in [1.54, 1.807) is 5.57 Å². The number of allylic oxidation sites excluding steroid dienone is 1. The second-order valence-electron chi connectivity index (χ2n) is 6.93. The van der Waals surface area contributed by atoms with Gasteiger partial charge in [-0.1, -0.05) is 48.6 Å². The van der Waals surface area contributed by atoms with Crippen molar-refractivity contribution in [1.29, 1.82) is 0 Å². The van der Waals surface area contributed by atoms with Gasteiger partial charge in [-0.2, -0.15) is 0 Å². The molecule has 0 N–H and O–H groups in total. The number of rotatable bonds is 4. The van der Waals surface area contributed by atoms with Gasteiger partial charge in [0.05, 0.1) is 0 Å². The highest BCUT2D eigenvalue weighted by molar-refractivity contribution is 7.11. The van der Waals surface area contributed by atoms with Crippen molar-refractivity contribution in [1.82, 2.24) is 4.90 Å². The molecule has 2 aromatic rings. The summed E-state index contributed by atoms with van der Waals surface area (Å²) in [5.74, 6) is 0.725. The number of thiophene rings is 1. The summed E-state index contributed by atoms with van der Waals surface area (Å²) in [5.41, 5.74) is 4.50. The topological polar surface area (TPSA) is 3.24 Å². The molecule has 0 amide bonds. The van der Waals surface area contributed by atoms with E-state index in [4.69, 9.17) is 0 Å². The van der Waals surface area contributed by atoms with Crippen molar-refractivity contribution in [2.45, 2.75) is 25.7 Å². The Bertz CT molecular complexity index is 712. The molecule has 2 aliphatic rings. The molecule has 0 fully saturated rings. The summed E-state index contributed by atoms with van der Waals surface area (Å²) in [6.45, 7) is 3.51. The zero-order chi connectivity index (χ0) is 16.2. The first-order chi connectivity index (χ1) is 11.9. The lowest BCUT2D eigenvalue weighted by molar-refractivity contribution is 0.262. The molecular formula is C22H25NS. The first kappa shape index (κ1) is 15.9. The Morgan fingerprint density at radius 2 is 1.92 bits per heavy atom. The predicted molar refractivity (Wildman–Crippen MR) is 105 cm³/mol. The molecule has 24 heavy (non-hydrogen) atoms. The standard InChI is InChI=1S/C22H25NS/c1-2-7-19(8-3-1)20-11-13-23(14-12-20)17-18-6-4-9-21(16-18)22-10-5-15-24-22/h1-3,5,7-8,10-11,15-16,18H,4,6,9,12-14,17H2/t18-/m1/s1. The molecule has 0 saturated heterocycles. The maximum atomic E-state index is 2.63. The van der Waals surface area contributed by atoms with Gasteiger partial charge < -0.3 is 0 Å². The average Bonchev–Trinajstić information content (AvgIpc) is 3.18. The van der Waals surface area contributed by atoms with Crippen LogP contribution in [-0.2, 0) is 0 Å². The van der Waals surface area contributed by atoms with E-state index < -0.39 is 0 Å². The Balaban J connectivity index is 1.38. The first-order valence-corrected chi connectivity index (χ1v) is 9.98. The number of hydrogen-bond acceptors (Lipinski definition) is 2. The lowest BCUT2D eigenvalue weighted by atomic mass is 9.89. The molecule has 1 aliphatic heterocycles. The van der Waals surface area contributed by atoms with Crippen molar-refractivity contribution in [3.63, 3.8) is 0 Å². The van der Waals surface area contributed by atoms with Gasteiger partial charge in [0.25, 0.3) is 0 Å². The third-order valence-electron chi connectivity index (χ3n) is 5.23. The summed E-state index contributed by atoms with van der Waals surface area (Å²) in [7, 11) is 0. The van der Waals surface area contributed by atoms with Gasteiger partial charge in [0.2, 0.25) is 0 Å². The summed E-state index contributed by atoms with van der Waals surface area (Å²) in [6.07, 6.45) is 10.1. The summed E-state index contributed by atoms with van der Waals surface area (Å²) in [5, 5.41) is 2.19. The van der Waals surface area contributed by atoms with Gasteiger partial charge in [0.15, 0.2) is 0 Å². The van der Waals surface area contributed by atoms with Crippen LogP contribution in [0.15, 0.2) is 60.0 Å². The van der Waals surface area contributed by atoms with E-state index in [0.29, 0.717) is 0 Å². The van der Waals surface area contributed by atoms with Gasteiger partial charge in [-0.15, -0.1) is 11.3 Å². The average molecular weight is 336 g/mol. The fourth-order valence-corrected chi connectivity index (χ4v) is 4.72. The Kier molecular flexibility index (Phi) is 4.96. The molecule has 1 nitrogen and oxygen atoms in total. The maximum Gasteiger partial charge on any atom is 0.0299 e. The van der Waals surface area contributed by atoms with Crippen LogP contribution in [-0.4, -0.2) is 24.5 Å². The predicted octanol–water partition coefficient (Wildman–Crippen LogP) is 5.72. The molecule has 0 saturated carbocycles. The highest BCUT2D eigenvalue weighted by atomic mass is 32.1. The molecule has 0 spiro atoms. The quantitative estimate of drug-likeness (QED) is 0.690. The number of hydrogen-bond donors (Lipinski definition) is 0. The third kappa shape index (κ3) is 3.71. The van der Waals surface area contributed by atoms with Gasteiger partial charge in [-0.25, -0.2) is 0 Å². The van der Waals surface area contributed by atoms with Crippen LogP contribution >= 0.6 is 11.3 Å². The van der Waals surface area contributed by atoms with Crippen LogP contribution in [0.2, 0.25) is 0 Å². The van der Waals surface area contributed by atoms with Gasteiger partial charge in [-0.3, -0.25) is 4.90 Å². The SMILES string of the molecule is C1=C(c2ccccc2)CCN(C[C@H]2C=C(c3cccs3)CCC2)C1. The van der Waals surface area contributed by atoms with E-state index in [-0.39, 0.29) is 0 Å². The minimum Gasteiger partial charge on any atom is -0.299 e. The zero-order valence-corrected chi connectivity index (χ0v) is 15.0. The van der Waals surface area contributed by atoms with Gasteiger partial charge >= 0.3 is 0 Å². The Labute approximate surface area is 149 Å². The van der Waals surface area contributed by atoms with E-state index >= 15 is 0 Å². The minimum absolute atomic E-state index is 0.725. The van der Waals surface area contributed by atoms with Crippen LogP contribution in [0.3, 0.4) is 0 Å². The zero-order valence-electron chi connectivity index (χ0n) is 14.2. The molecular weight excluding hydrogens is 310 g/mol. The van der Waals surface area contributed by atoms with Gasteiger partial charge in [0.1, 0.15) is 0 Å². The monoisotopic (exact) mass is 335 g/mol. The second kappa shape index (κ2) is 7.50. The van der Waals surface area contributed by atoms with Crippen molar-refractivity contribution >= 4 is 22.5 Å². The Morgan fingerprint density at radius 3 is 2.67 bits per heavy atom. The largest absolute Gasteiger partial charge is 0.299 e. The molecule has 1 aliphatic carbocycles. The van der Waals surface area contributed by atoms with E-state index in [1.165, 1.54) is 54.8 Å². The number of nitrogens with zero attached hydrogens (tertiary/aromatic N) is 1. The van der Waals surface area contributed by atoms with E-state index in [2.05, 4.69) is 64.9 Å². The molecule has 0 radical (unpaired) electrons. The van der Waals surface area contributed by atoms with Crippen molar-refractivity contribution < 1.29 is 0 Å². The van der Waals surface area contributed by atoms with Crippen LogP contribution in [0.4, 0.5) is 0 Å². The molecule has 0 unspecified atom stereocenters. The minimum atomic E-state index is 0.725. The van der Waals surface area contributed by atoms with Crippen molar-refractivity contribution in [2.24, 2.45) is 5.92 Å². The molecule has 1 atom stereocenters. The first-order valence-electron chi connectivity index (χ1n) is 9.10. The van der Waals surface area contributed by atoms with E-state index in [9.17, 15) is 0 Å². The van der Waals surface area contributed by atoms with Crippen molar-refractivity contribution in [3.8, 4) is 0 Å². The summed E-state index contributed by atoms with van der Waals surface area (Å²) in [6, 6.07) is 15.3. The summed E-state index contributed by atoms with van der Waals surface area (Å²) in [4.78, 5) is 4.11. The Morgan fingerprint density at radius 1 is 1.00 bits per heavy atom. The van der Waals surface area contributed by atoms with Crippen molar-refractivity contribution in [3.05, 3.63) is 70.4 Å². The fraction of sp³-hybridized carbons (Fsp3) is 0.364. The van der Waals surface area contributed by atoms with Crippen LogP contribution in [0.25, 0.3) is 11.1 Å². The molecule has 0 bridgehead atoms. The van der Waals surface area contributed by atoms with Gasteiger partial charge in [0, 0.05) is 24.5 Å². The third-order valence-corrected chi connectivity index (χ3v) is 6.17. The van der Waals surface area contributed by atoms with Crippen molar-refractivity contribution in [2.75, 3.05) is 19.6 Å². The highest BCUT2D eigenvalue weighted by Gasteiger charge is 2.20. The summed E-state index contributed by atoms with van der Waals surface area (Å²) >= 11 is 1.88. The molecule has 1 aromatic heterocycles. The Hall–Kier alpha value is -1.64. The van der Waals surface area contributed by atoms with Crippen LogP contribution < -0.4 is 0 Å². The van der Waals surface area contributed by atoms with Gasteiger partial charge in [-0.05, 0) is 59.8 Å². The lowest BCUT2D eigenvalue weighted by Crippen LogP contribution is -2.33. The smallest absolute Gasteiger partial charge is 0.0299 e. The lowest BCUT2D eigenvalue weighted by Gasteiger charge is -2.31. The fourth-order valence-electron chi connectivity index (χ4n) is 3.94. The van der Waals surface area contributed by atoms with E-state index in [0.717, 1.165) is 12.5 Å². The molecule has 2 heteroatoms. The van der Waals surface area contributed by atoms with E-state index in [1.807, 2.05) is 11.3 Å². The molecule has 1 aromatic carbocycles. The van der Waals surface area contributed by atoms with Crippen LogP contribution in [0.5, 0.6) is 0 Å². The van der Waals surface area contributed by atoms with Crippen LogP contribution in [0, 0.1) is 5.92 Å². The normalized spacial score (nSPS) is 22.1. The molecule has 124 valence electrons. The molecule has 2 heterocycles.